The molecule has 0 N–H and O–H groups in total. The molecule has 1 aromatic carbocycles. The molecule has 0 bridgehead atoms. The number of Topliss-reactive ketones (excluding diaryl/α,β-unsaturated/α-hetero) is 1. The SMILES string of the molecule is COC(=O)c1ccc(COC(CCCCC(=O)C(F)(F)F)N=[N+]=[N-])cc1. The number of halogens is 3. The lowest BCUT2D eigenvalue weighted by molar-refractivity contribution is -0.171. The molecule has 10 heteroatoms. The smallest absolute Gasteiger partial charge is 0.449 e. The van der Waals surface area contributed by atoms with Crippen LogP contribution in [0.2, 0.25) is 0 Å². The Kier molecular flexibility index (Phi) is 8.60. The predicted molar refractivity (Wildman–Crippen MR) is 85.0 cm³/mol. The molecule has 142 valence electrons. The highest BCUT2D eigenvalue weighted by molar-refractivity contribution is 5.89. The molecule has 0 saturated heterocycles. The number of methoxy groups -OCH3 is 1. The van der Waals surface area contributed by atoms with Crippen LogP contribution in [0.15, 0.2) is 29.4 Å². The Hall–Kier alpha value is -2.58. The van der Waals surface area contributed by atoms with Crippen LogP contribution in [-0.2, 0) is 20.9 Å². The van der Waals surface area contributed by atoms with Crippen molar-refractivity contribution < 1.29 is 32.2 Å². The number of unbranched alkanes of at least 4 members (excludes halogenated alkanes) is 1. The van der Waals surface area contributed by atoms with E-state index in [2.05, 4.69) is 14.8 Å². The number of benzene rings is 1. The normalized spacial score (nSPS) is 12.2. The Morgan fingerprint density at radius 2 is 1.88 bits per heavy atom. The number of hydrogen-bond acceptors (Lipinski definition) is 5. The van der Waals surface area contributed by atoms with E-state index >= 15 is 0 Å². The van der Waals surface area contributed by atoms with Crippen LogP contribution in [-0.4, -0.2) is 31.3 Å². The molecule has 7 nitrogen and oxygen atoms in total. The van der Waals surface area contributed by atoms with E-state index in [-0.39, 0.29) is 25.9 Å². The van der Waals surface area contributed by atoms with Crippen LogP contribution in [0.5, 0.6) is 0 Å². The van der Waals surface area contributed by atoms with Gasteiger partial charge in [-0.25, -0.2) is 4.79 Å². The third-order valence-corrected chi connectivity index (χ3v) is 3.42. The number of carbonyl (C=O) groups is 2. The fourth-order valence-corrected chi connectivity index (χ4v) is 2.03. The first-order valence-electron chi connectivity index (χ1n) is 7.71. The maximum Gasteiger partial charge on any atom is 0.449 e. The molecule has 1 atom stereocenters. The minimum Gasteiger partial charge on any atom is -0.465 e. The largest absolute Gasteiger partial charge is 0.465 e. The van der Waals surface area contributed by atoms with E-state index in [4.69, 9.17) is 10.3 Å². The number of nitrogens with zero attached hydrogens (tertiary/aromatic N) is 3. The van der Waals surface area contributed by atoms with Gasteiger partial charge in [0.2, 0.25) is 5.78 Å². The van der Waals surface area contributed by atoms with Crippen LogP contribution >= 0.6 is 0 Å². The van der Waals surface area contributed by atoms with Gasteiger partial charge in [0.05, 0.1) is 19.3 Å². The summed E-state index contributed by atoms with van der Waals surface area (Å²) in [4.78, 5) is 24.7. The average molecular weight is 373 g/mol. The second-order valence-corrected chi connectivity index (χ2v) is 5.33. The molecule has 0 saturated carbocycles. The number of ketones is 1. The number of alkyl halides is 3. The zero-order valence-corrected chi connectivity index (χ0v) is 14.0. The first-order chi connectivity index (χ1) is 12.3. The van der Waals surface area contributed by atoms with Crippen LogP contribution in [0.3, 0.4) is 0 Å². The summed E-state index contributed by atoms with van der Waals surface area (Å²) in [5.74, 6) is -2.25. The van der Waals surface area contributed by atoms with Crippen molar-refractivity contribution in [1.82, 2.24) is 0 Å². The summed E-state index contributed by atoms with van der Waals surface area (Å²) in [5.41, 5.74) is 9.62. The number of azide groups is 1. The maximum absolute atomic E-state index is 12.1. The van der Waals surface area contributed by atoms with Gasteiger partial charge in [-0.2, -0.15) is 13.2 Å². The van der Waals surface area contributed by atoms with Crippen LogP contribution in [0.25, 0.3) is 10.4 Å². The fourth-order valence-electron chi connectivity index (χ4n) is 2.03. The summed E-state index contributed by atoms with van der Waals surface area (Å²) in [6.07, 6.45) is -5.84. The highest BCUT2D eigenvalue weighted by Gasteiger charge is 2.37. The molecule has 0 heterocycles. The predicted octanol–water partition coefficient (Wildman–Crippen LogP) is 4.32. The molecule has 1 unspecified atom stereocenters. The van der Waals surface area contributed by atoms with E-state index < -0.39 is 30.6 Å². The topological polar surface area (TPSA) is 101 Å². The summed E-state index contributed by atoms with van der Waals surface area (Å²) in [5, 5.41) is 3.44. The zero-order chi connectivity index (χ0) is 19.6. The Morgan fingerprint density at radius 1 is 1.23 bits per heavy atom. The highest BCUT2D eigenvalue weighted by Crippen LogP contribution is 2.20. The summed E-state index contributed by atoms with van der Waals surface area (Å²) < 4.78 is 46.3. The van der Waals surface area contributed by atoms with E-state index in [1.54, 1.807) is 24.3 Å². The molecule has 0 fully saturated rings. The highest BCUT2D eigenvalue weighted by atomic mass is 19.4. The van der Waals surface area contributed by atoms with Crippen LogP contribution in [0.4, 0.5) is 13.2 Å². The molecule has 0 aliphatic rings. The molecule has 0 radical (unpaired) electrons. The van der Waals surface area contributed by atoms with Crippen molar-refractivity contribution in [2.45, 2.75) is 44.7 Å². The lowest BCUT2D eigenvalue weighted by Crippen LogP contribution is -2.22. The standard InChI is InChI=1S/C16H18F3N3O4/c1-25-15(24)12-8-6-11(7-9-12)10-26-14(21-22-20)5-3-2-4-13(23)16(17,18)19/h6-9,14H,2-5,10H2,1H3. The lowest BCUT2D eigenvalue weighted by Gasteiger charge is -2.13. The number of hydrogen-bond donors (Lipinski definition) is 0. The van der Waals surface area contributed by atoms with Crippen molar-refractivity contribution in [3.63, 3.8) is 0 Å². The molecular formula is C16H18F3N3O4. The van der Waals surface area contributed by atoms with Crippen molar-refractivity contribution in [3.8, 4) is 0 Å². The third kappa shape index (κ3) is 7.54. The summed E-state index contributed by atoms with van der Waals surface area (Å²) in [7, 11) is 1.27. The first-order valence-corrected chi connectivity index (χ1v) is 7.71. The van der Waals surface area contributed by atoms with Gasteiger partial charge in [-0.3, -0.25) is 4.79 Å². The monoisotopic (exact) mass is 373 g/mol. The Morgan fingerprint density at radius 3 is 2.42 bits per heavy atom. The fraction of sp³-hybridized carbons (Fsp3) is 0.500. The van der Waals surface area contributed by atoms with E-state index in [0.29, 0.717) is 11.1 Å². The van der Waals surface area contributed by atoms with E-state index in [1.807, 2.05) is 0 Å². The van der Waals surface area contributed by atoms with Crippen molar-refractivity contribution in [2.75, 3.05) is 7.11 Å². The van der Waals surface area contributed by atoms with Gasteiger partial charge in [-0.1, -0.05) is 23.7 Å². The van der Waals surface area contributed by atoms with E-state index in [9.17, 15) is 22.8 Å². The second-order valence-electron chi connectivity index (χ2n) is 5.33. The minimum atomic E-state index is -4.82. The number of carbonyl (C=O) groups excluding carboxylic acids is 2. The van der Waals surface area contributed by atoms with E-state index in [0.717, 1.165) is 0 Å². The zero-order valence-electron chi connectivity index (χ0n) is 14.0. The van der Waals surface area contributed by atoms with Crippen LogP contribution in [0.1, 0.15) is 41.6 Å². The van der Waals surface area contributed by atoms with Crippen LogP contribution in [0, 0.1) is 0 Å². The molecule has 0 amide bonds. The molecule has 1 aromatic rings. The van der Waals surface area contributed by atoms with Crippen LogP contribution < -0.4 is 0 Å². The maximum atomic E-state index is 12.1. The molecule has 1 rings (SSSR count). The summed E-state index contributed by atoms with van der Waals surface area (Å²) >= 11 is 0. The molecule has 0 spiro atoms. The summed E-state index contributed by atoms with van der Waals surface area (Å²) in [6, 6.07) is 6.38. The molecule has 0 aromatic heterocycles. The van der Waals surface area contributed by atoms with Gasteiger partial charge in [-0.05, 0) is 36.1 Å². The van der Waals surface area contributed by atoms with Crippen molar-refractivity contribution in [2.24, 2.45) is 5.11 Å². The molecular weight excluding hydrogens is 355 g/mol. The molecule has 0 aliphatic heterocycles. The molecule has 0 aliphatic carbocycles. The van der Waals surface area contributed by atoms with Gasteiger partial charge in [-0.15, -0.1) is 0 Å². The Labute approximate surface area is 147 Å². The van der Waals surface area contributed by atoms with Crippen molar-refractivity contribution >= 4 is 11.8 Å². The van der Waals surface area contributed by atoms with E-state index in [1.165, 1.54) is 7.11 Å². The number of esters is 1. The lowest BCUT2D eigenvalue weighted by atomic mass is 10.1. The molecule has 26 heavy (non-hydrogen) atoms. The van der Waals surface area contributed by atoms with Gasteiger partial charge in [0, 0.05) is 11.3 Å². The van der Waals surface area contributed by atoms with Gasteiger partial charge >= 0.3 is 12.1 Å². The summed E-state index contributed by atoms with van der Waals surface area (Å²) in [6.45, 7) is 0.0899. The van der Waals surface area contributed by atoms with Crippen molar-refractivity contribution in [3.05, 3.63) is 45.8 Å². The Balaban J connectivity index is 2.44. The number of ether oxygens (including phenoxy) is 2. The Bertz CT molecular complexity index is 656. The first kappa shape index (κ1) is 21.5. The van der Waals surface area contributed by atoms with Gasteiger partial charge in [0.1, 0.15) is 6.23 Å². The number of rotatable bonds is 10. The van der Waals surface area contributed by atoms with Gasteiger partial charge in [0.15, 0.2) is 0 Å². The minimum absolute atomic E-state index is 0.0208. The third-order valence-electron chi connectivity index (χ3n) is 3.42. The van der Waals surface area contributed by atoms with Gasteiger partial charge < -0.3 is 9.47 Å². The van der Waals surface area contributed by atoms with Gasteiger partial charge in [0.25, 0.3) is 0 Å². The second kappa shape index (κ2) is 10.4. The van der Waals surface area contributed by atoms with Crippen molar-refractivity contribution in [1.29, 1.82) is 0 Å². The quantitative estimate of drug-likeness (QED) is 0.200. The average Bonchev–Trinajstić information content (AvgIpc) is 2.61.